The van der Waals surface area contributed by atoms with Gasteiger partial charge in [0.05, 0.1) is 5.54 Å². The van der Waals surface area contributed by atoms with E-state index in [0.29, 0.717) is 11.8 Å². The van der Waals surface area contributed by atoms with Crippen molar-refractivity contribution in [3.8, 4) is 0 Å². The molecule has 2 aliphatic rings. The van der Waals surface area contributed by atoms with Crippen molar-refractivity contribution in [2.24, 2.45) is 17.8 Å². The van der Waals surface area contributed by atoms with E-state index in [9.17, 15) is 4.79 Å². The molecule has 2 heterocycles. The minimum Gasteiger partial charge on any atom is -0.347 e. The Morgan fingerprint density at radius 2 is 1.95 bits per heavy atom. The number of carbonyl (C=O) groups excluding carboxylic acids is 1. The number of nitrogens with one attached hydrogen (secondary N) is 2. The van der Waals surface area contributed by atoms with Crippen LogP contribution in [0.15, 0.2) is 36.7 Å². The molecule has 2 N–H and O–H groups in total. The van der Waals surface area contributed by atoms with Gasteiger partial charge in [0.1, 0.15) is 0 Å². The maximum atomic E-state index is 12.6. The highest BCUT2D eigenvalue weighted by Crippen LogP contribution is 2.49. The van der Waals surface area contributed by atoms with Gasteiger partial charge < -0.3 is 10.6 Å². The fraction of sp³-hybridized carbons (Fsp3) is 0.444. The predicted molar refractivity (Wildman–Crippen MR) is 86.3 cm³/mol. The summed E-state index contributed by atoms with van der Waals surface area (Å²) in [6, 6.07) is 8.19. The third-order valence-corrected chi connectivity index (χ3v) is 5.17. The SMILES string of the molecule is CC(C)(NC(=O)[C@H]1C2CNC[C@@H]21)c1cncc2ccccc12. The Kier molecular flexibility index (Phi) is 2.98. The number of carbonyl (C=O) groups is 1. The number of rotatable bonds is 3. The first-order valence-electron chi connectivity index (χ1n) is 7.94. The molecule has 22 heavy (non-hydrogen) atoms. The molecule has 1 aliphatic carbocycles. The van der Waals surface area contributed by atoms with Crippen LogP contribution in [-0.2, 0) is 10.3 Å². The number of hydrogen-bond donors (Lipinski definition) is 2. The lowest BCUT2D eigenvalue weighted by Gasteiger charge is -2.28. The van der Waals surface area contributed by atoms with Gasteiger partial charge >= 0.3 is 0 Å². The zero-order valence-electron chi connectivity index (χ0n) is 13.0. The van der Waals surface area contributed by atoms with E-state index in [4.69, 9.17) is 0 Å². The molecule has 4 heteroatoms. The number of fused-ring (bicyclic) bond motifs is 2. The molecule has 0 radical (unpaired) electrons. The highest BCUT2D eigenvalue weighted by molar-refractivity contribution is 5.87. The molecular weight excluding hydrogens is 274 g/mol. The van der Waals surface area contributed by atoms with Crippen molar-refractivity contribution in [1.82, 2.24) is 15.6 Å². The second-order valence-corrected chi connectivity index (χ2v) is 7.03. The summed E-state index contributed by atoms with van der Waals surface area (Å²) >= 11 is 0. The van der Waals surface area contributed by atoms with Crippen LogP contribution in [0, 0.1) is 17.8 Å². The number of pyridine rings is 1. The summed E-state index contributed by atoms with van der Waals surface area (Å²) in [7, 11) is 0. The van der Waals surface area contributed by atoms with E-state index in [2.05, 4.69) is 41.6 Å². The quantitative estimate of drug-likeness (QED) is 0.911. The van der Waals surface area contributed by atoms with Crippen LogP contribution >= 0.6 is 0 Å². The molecule has 1 aliphatic heterocycles. The summed E-state index contributed by atoms with van der Waals surface area (Å²) in [5.74, 6) is 1.47. The van der Waals surface area contributed by atoms with Gasteiger partial charge in [-0.2, -0.15) is 0 Å². The first-order valence-corrected chi connectivity index (χ1v) is 7.94. The predicted octanol–water partition coefficient (Wildman–Crippen LogP) is 2.05. The molecule has 1 aromatic heterocycles. The summed E-state index contributed by atoms with van der Waals surface area (Å²) in [5, 5.41) is 8.84. The molecule has 1 unspecified atom stereocenters. The minimum atomic E-state index is -0.421. The molecule has 2 aromatic rings. The van der Waals surface area contributed by atoms with Crippen molar-refractivity contribution in [3.63, 3.8) is 0 Å². The monoisotopic (exact) mass is 295 g/mol. The van der Waals surface area contributed by atoms with Crippen LogP contribution in [0.1, 0.15) is 19.4 Å². The Bertz CT molecular complexity index is 725. The summed E-state index contributed by atoms with van der Waals surface area (Å²) < 4.78 is 0. The average Bonchev–Trinajstić information content (AvgIpc) is 3.00. The number of nitrogens with zero attached hydrogens (tertiary/aromatic N) is 1. The first kappa shape index (κ1) is 13.7. The molecule has 1 amide bonds. The second-order valence-electron chi connectivity index (χ2n) is 7.03. The van der Waals surface area contributed by atoms with E-state index in [0.717, 1.165) is 29.4 Å². The largest absolute Gasteiger partial charge is 0.347 e. The van der Waals surface area contributed by atoms with Crippen molar-refractivity contribution in [2.45, 2.75) is 19.4 Å². The summed E-state index contributed by atoms with van der Waals surface area (Å²) in [4.78, 5) is 16.9. The van der Waals surface area contributed by atoms with Gasteiger partial charge in [-0.3, -0.25) is 9.78 Å². The second kappa shape index (κ2) is 4.78. The molecule has 1 saturated heterocycles. The van der Waals surface area contributed by atoms with Gasteiger partial charge in [-0.15, -0.1) is 0 Å². The smallest absolute Gasteiger partial charge is 0.224 e. The normalized spacial score (nSPS) is 26.7. The highest BCUT2D eigenvalue weighted by Gasteiger charge is 2.57. The zero-order chi connectivity index (χ0) is 15.3. The Balaban J connectivity index is 1.61. The lowest BCUT2D eigenvalue weighted by molar-refractivity contribution is -0.124. The third kappa shape index (κ3) is 2.10. The van der Waals surface area contributed by atoms with Crippen molar-refractivity contribution < 1.29 is 4.79 Å². The Morgan fingerprint density at radius 3 is 2.73 bits per heavy atom. The van der Waals surface area contributed by atoms with E-state index in [1.807, 2.05) is 24.5 Å². The maximum Gasteiger partial charge on any atom is 0.224 e. The van der Waals surface area contributed by atoms with Crippen LogP contribution < -0.4 is 10.6 Å². The fourth-order valence-corrected chi connectivity index (χ4v) is 3.88. The van der Waals surface area contributed by atoms with Gasteiger partial charge in [-0.05, 0) is 44.2 Å². The van der Waals surface area contributed by atoms with Crippen molar-refractivity contribution >= 4 is 16.7 Å². The first-order chi connectivity index (χ1) is 10.6. The standard InChI is InChI=1S/C18H21N3O/c1-18(2,21-17(22)16-13-8-20-9-14(13)16)15-10-19-7-11-5-3-4-6-12(11)15/h3-7,10,13-14,16,20H,8-9H2,1-2H3,(H,21,22)/t13-,14?,16+/m0/s1. The number of benzene rings is 1. The highest BCUT2D eigenvalue weighted by atomic mass is 16.2. The summed E-state index contributed by atoms with van der Waals surface area (Å²) in [6.07, 6.45) is 3.74. The van der Waals surface area contributed by atoms with Gasteiger partial charge in [-0.25, -0.2) is 0 Å². The Hall–Kier alpha value is -1.94. The number of piperidine rings is 1. The van der Waals surface area contributed by atoms with Crippen LogP contribution in [0.5, 0.6) is 0 Å². The molecule has 1 saturated carbocycles. The van der Waals surface area contributed by atoms with E-state index in [1.54, 1.807) is 0 Å². The van der Waals surface area contributed by atoms with Crippen LogP contribution in [0.3, 0.4) is 0 Å². The molecule has 4 nitrogen and oxygen atoms in total. The molecule has 4 rings (SSSR count). The minimum absolute atomic E-state index is 0.189. The number of hydrogen-bond acceptors (Lipinski definition) is 3. The molecule has 1 aromatic carbocycles. The fourth-order valence-electron chi connectivity index (χ4n) is 3.88. The third-order valence-electron chi connectivity index (χ3n) is 5.17. The molecule has 114 valence electrons. The molecule has 0 spiro atoms. The number of amides is 1. The van der Waals surface area contributed by atoms with E-state index >= 15 is 0 Å². The van der Waals surface area contributed by atoms with Gasteiger partial charge in [0, 0.05) is 29.3 Å². The van der Waals surface area contributed by atoms with Crippen LogP contribution in [0.4, 0.5) is 0 Å². The van der Waals surface area contributed by atoms with Gasteiger partial charge in [0.2, 0.25) is 5.91 Å². The van der Waals surface area contributed by atoms with E-state index in [1.165, 1.54) is 0 Å². The maximum absolute atomic E-state index is 12.6. The lowest BCUT2D eigenvalue weighted by Crippen LogP contribution is -2.43. The Labute approximate surface area is 130 Å². The van der Waals surface area contributed by atoms with Gasteiger partial charge in [0.15, 0.2) is 0 Å². The lowest BCUT2D eigenvalue weighted by atomic mass is 9.91. The van der Waals surface area contributed by atoms with Crippen molar-refractivity contribution in [3.05, 3.63) is 42.2 Å². The molecule has 0 bridgehead atoms. The number of aromatic nitrogens is 1. The molecule has 3 atom stereocenters. The van der Waals surface area contributed by atoms with Crippen LogP contribution in [0.25, 0.3) is 10.8 Å². The summed E-state index contributed by atoms with van der Waals surface area (Å²) in [6.45, 7) is 6.09. The summed E-state index contributed by atoms with van der Waals surface area (Å²) in [5.41, 5.74) is 0.651. The van der Waals surface area contributed by atoms with Crippen LogP contribution in [-0.4, -0.2) is 24.0 Å². The molecule has 2 fully saturated rings. The zero-order valence-corrected chi connectivity index (χ0v) is 13.0. The van der Waals surface area contributed by atoms with Gasteiger partial charge in [0.25, 0.3) is 0 Å². The van der Waals surface area contributed by atoms with Crippen molar-refractivity contribution in [2.75, 3.05) is 13.1 Å². The molecular formula is C18H21N3O. The van der Waals surface area contributed by atoms with Gasteiger partial charge in [-0.1, -0.05) is 24.3 Å². The van der Waals surface area contributed by atoms with Crippen molar-refractivity contribution in [1.29, 1.82) is 0 Å². The van der Waals surface area contributed by atoms with E-state index < -0.39 is 5.54 Å². The van der Waals surface area contributed by atoms with Crippen LogP contribution in [0.2, 0.25) is 0 Å². The Morgan fingerprint density at radius 1 is 1.23 bits per heavy atom. The topological polar surface area (TPSA) is 54.0 Å². The average molecular weight is 295 g/mol. The van der Waals surface area contributed by atoms with E-state index in [-0.39, 0.29) is 11.8 Å².